The van der Waals surface area contributed by atoms with E-state index in [9.17, 15) is 14.4 Å². The molecule has 2 aliphatic heterocycles. The minimum Gasteiger partial charge on any atom is -0.273 e. The zero-order chi connectivity index (χ0) is 16.8. The zero-order valence-electron chi connectivity index (χ0n) is 13.0. The number of imide groups is 2. The van der Waals surface area contributed by atoms with Gasteiger partial charge in [-0.2, -0.15) is 0 Å². The van der Waals surface area contributed by atoms with Gasteiger partial charge in [0.2, 0.25) is 0 Å². The Morgan fingerprint density at radius 1 is 1.12 bits per heavy atom. The van der Waals surface area contributed by atoms with E-state index >= 15 is 0 Å². The number of amides is 4. The van der Waals surface area contributed by atoms with Crippen molar-refractivity contribution in [3.63, 3.8) is 0 Å². The molecule has 0 aromatic carbocycles. The van der Waals surface area contributed by atoms with E-state index in [2.05, 4.69) is 22.4 Å². The topological polar surface area (TPSA) is 60.9 Å². The summed E-state index contributed by atoms with van der Waals surface area (Å²) < 4.78 is 0. The van der Waals surface area contributed by atoms with Crippen LogP contribution in [0.3, 0.4) is 0 Å². The van der Waals surface area contributed by atoms with Crippen LogP contribution in [-0.4, -0.2) is 52.8 Å². The van der Waals surface area contributed by atoms with Gasteiger partial charge in [-0.3, -0.25) is 19.4 Å². The van der Waals surface area contributed by atoms with Crippen LogP contribution < -0.4 is 0 Å². The first-order valence-electron chi connectivity index (χ1n) is 7.55. The van der Waals surface area contributed by atoms with E-state index in [-0.39, 0.29) is 12.7 Å². The van der Waals surface area contributed by atoms with E-state index in [0.29, 0.717) is 0 Å². The van der Waals surface area contributed by atoms with Crippen molar-refractivity contribution in [1.29, 1.82) is 0 Å². The zero-order valence-corrected chi connectivity index (χ0v) is 14.6. The third-order valence-electron chi connectivity index (χ3n) is 4.45. The number of likely N-dealkylation sites (N-methyl/N-ethyl adjacent to an activating group) is 1. The van der Waals surface area contributed by atoms with Gasteiger partial charge in [0.05, 0.1) is 12.7 Å². The highest BCUT2D eigenvalue weighted by Crippen LogP contribution is 2.39. The Morgan fingerprint density at radius 2 is 1.96 bits per heavy atom. The molecule has 4 heterocycles. The van der Waals surface area contributed by atoms with Crippen LogP contribution >= 0.6 is 22.7 Å². The first-order valence-corrected chi connectivity index (χ1v) is 9.31. The van der Waals surface area contributed by atoms with Crippen molar-refractivity contribution in [2.24, 2.45) is 0 Å². The SMILES string of the molecule is CN1C(=O)C(=O)N(CN2CCc3sccc3[C@H]2c2cccs2)C1=O. The van der Waals surface area contributed by atoms with Gasteiger partial charge in [-0.05, 0) is 34.9 Å². The summed E-state index contributed by atoms with van der Waals surface area (Å²) in [5, 5.41) is 4.11. The quantitative estimate of drug-likeness (QED) is 0.621. The van der Waals surface area contributed by atoms with Gasteiger partial charge in [0.25, 0.3) is 0 Å². The molecule has 124 valence electrons. The molecule has 4 rings (SSSR count). The van der Waals surface area contributed by atoms with Crippen molar-refractivity contribution in [2.45, 2.75) is 12.5 Å². The van der Waals surface area contributed by atoms with Gasteiger partial charge in [0.15, 0.2) is 0 Å². The van der Waals surface area contributed by atoms with Crippen LogP contribution in [0.1, 0.15) is 21.4 Å². The van der Waals surface area contributed by atoms with E-state index in [1.54, 1.807) is 22.7 Å². The lowest BCUT2D eigenvalue weighted by molar-refractivity contribution is -0.143. The number of urea groups is 1. The van der Waals surface area contributed by atoms with Crippen molar-refractivity contribution in [3.8, 4) is 0 Å². The highest BCUT2D eigenvalue weighted by Gasteiger charge is 2.44. The van der Waals surface area contributed by atoms with Gasteiger partial charge in [-0.25, -0.2) is 9.69 Å². The standard InChI is InChI=1S/C16H15N3O3S2/c1-17-14(20)15(21)19(16(17)22)9-18-6-4-11-10(5-8-24-11)13(18)12-3-2-7-23-12/h2-3,5,7-8,13H,4,6,9H2,1H3/t13-/m0/s1. The first kappa shape index (κ1) is 15.5. The van der Waals surface area contributed by atoms with Crippen molar-refractivity contribution in [1.82, 2.24) is 14.7 Å². The molecule has 8 heteroatoms. The molecular formula is C16H15N3O3S2. The Hall–Kier alpha value is -2.03. The van der Waals surface area contributed by atoms with Crippen LogP contribution in [0.25, 0.3) is 0 Å². The molecule has 24 heavy (non-hydrogen) atoms. The van der Waals surface area contributed by atoms with E-state index in [0.717, 1.165) is 22.8 Å². The summed E-state index contributed by atoms with van der Waals surface area (Å²) in [5.41, 5.74) is 1.23. The van der Waals surface area contributed by atoms with E-state index < -0.39 is 17.8 Å². The third-order valence-corrected chi connectivity index (χ3v) is 6.37. The predicted octanol–water partition coefficient (Wildman–Crippen LogP) is 2.14. The molecule has 1 saturated heterocycles. The largest absolute Gasteiger partial charge is 0.335 e. The fraction of sp³-hybridized carbons (Fsp3) is 0.312. The minimum atomic E-state index is -0.763. The second kappa shape index (κ2) is 5.80. The molecule has 1 atom stereocenters. The Labute approximate surface area is 146 Å². The van der Waals surface area contributed by atoms with Gasteiger partial charge < -0.3 is 0 Å². The number of rotatable bonds is 3. The monoisotopic (exact) mass is 361 g/mol. The summed E-state index contributed by atoms with van der Waals surface area (Å²) in [6.45, 7) is 0.872. The molecule has 0 bridgehead atoms. The summed E-state index contributed by atoms with van der Waals surface area (Å²) in [4.78, 5) is 42.5. The molecule has 0 unspecified atom stereocenters. The van der Waals surface area contributed by atoms with Gasteiger partial charge >= 0.3 is 17.8 Å². The Balaban J connectivity index is 1.66. The Morgan fingerprint density at radius 3 is 2.62 bits per heavy atom. The van der Waals surface area contributed by atoms with Crippen molar-refractivity contribution < 1.29 is 14.4 Å². The van der Waals surface area contributed by atoms with Gasteiger partial charge in [-0.15, -0.1) is 22.7 Å². The van der Waals surface area contributed by atoms with Gasteiger partial charge in [0.1, 0.15) is 0 Å². The summed E-state index contributed by atoms with van der Waals surface area (Å²) >= 11 is 3.40. The van der Waals surface area contributed by atoms with Crippen LogP contribution in [-0.2, 0) is 16.0 Å². The fourth-order valence-corrected chi connectivity index (χ4v) is 5.00. The molecular weight excluding hydrogens is 346 g/mol. The van der Waals surface area contributed by atoms with Crippen LogP contribution in [0.2, 0.25) is 0 Å². The van der Waals surface area contributed by atoms with Crippen LogP contribution in [0, 0.1) is 0 Å². The molecule has 2 aromatic rings. The molecule has 0 aliphatic carbocycles. The number of hydrogen-bond acceptors (Lipinski definition) is 6. The average molecular weight is 361 g/mol. The first-order chi connectivity index (χ1) is 11.6. The highest BCUT2D eigenvalue weighted by molar-refractivity contribution is 7.10. The van der Waals surface area contributed by atoms with E-state index in [1.807, 2.05) is 11.4 Å². The number of nitrogens with zero attached hydrogens (tertiary/aromatic N) is 3. The molecule has 4 amide bonds. The second-order valence-corrected chi connectivity index (χ2v) is 7.78. The molecule has 0 N–H and O–H groups in total. The van der Waals surface area contributed by atoms with Crippen molar-refractivity contribution in [3.05, 3.63) is 44.3 Å². The van der Waals surface area contributed by atoms with Gasteiger partial charge in [0, 0.05) is 23.3 Å². The predicted molar refractivity (Wildman–Crippen MR) is 90.8 cm³/mol. The lowest BCUT2D eigenvalue weighted by atomic mass is 9.99. The van der Waals surface area contributed by atoms with E-state index in [1.165, 1.54) is 22.4 Å². The molecule has 1 fully saturated rings. The summed E-state index contributed by atoms with van der Waals surface area (Å²) in [6.07, 6.45) is 0.884. The maximum Gasteiger partial charge on any atom is 0.335 e. The molecule has 0 spiro atoms. The highest BCUT2D eigenvalue weighted by atomic mass is 32.1. The molecule has 2 aromatic heterocycles. The third kappa shape index (κ3) is 2.29. The van der Waals surface area contributed by atoms with Crippen LogP contribution in [0.4, 0.5) is 4.79 Å². The van der Waals surface area contributed by atoms with Crippen molar-refractivity contribution in [2.75, 3.05) is 20.3 Å². The second-order valence-electron chi connectivity index (χ2n) is 5.80. The Kier molecular flexibility index (Phi) is 3.75. The van der Waals surface area contributed by atoms with Gasteiger partial charge in [-0.1, -0.05) is 6.07 Å². The summed E-state index contributed by atoms with van der Waals surface area (Å²) in [6, 6.07) is 5.65. The van der Waals surface area contributed by atoms with Crippen LogP contribution in [0.5, 0.6) is 0 Å². The number of fused-ring (bicyclic) bond motifs is 1. The molecule has 0 saturated carbocycles. The number of hydrogen-bond donors (Lipinski definition) is 0. The number of carbonyl (C=O) groups is 3. The molecule has 6 nitrogen and oxygen atoms in total. The lowest BCUT2D eigenvalue weighted by Gasteiger charge is -2.36. The molecule has 0 radical (unpaired) electrons. The smallest absolute Gasteiger partial charge is 0.273 e. The van der Waals surface area contributed by atoms with E-state index in [4.69, 9.17) is 0 Å². The maximum absolute atomic E-state index is 12.2. The Bertz CT molecular complexity index is 814. The maximum atomic E-state index is 12.2. The number of carbonyl (C=O) groups excluding carboxylic acids is 3. The van der Waals surface area contributed by atoms with Crippen LogP contribution in [0.15, 0.2) is 29.0 Å². The summed E-state index contributed by atoms with van der Waals surface area (Å²) in [7, 11) is 1.34. The minimum absolute atomic E-state index is 0.0154. The summed E-state index contributed by atoms with van der Waals surface area (Å²) in [5.74, 6) is -1.51. The average Bonchev–Trinajstić information content (AvgIpc) is 3.30. The lowest BCUT2D eigenvalue weighted by Crippen LogP contribution is -2.46. The normalized spacial score (nSPS) is 21.7. The molecule has 2 aliphatic rings. The fourth-order valence-electron chi connectivity index (χ4n) is 3.22. The number of thiophene rings is 2. The van der Waals surface area contributed by atoms with Crippen molar-refractivity contribution >= 4 is 40.5 Å².